The van der Waals surface area contributed by atoms with Gasteiger partial charge in [-0.05, 0) is 19.1 Å². The number of hydrogen-bond acceptors (Lipinski definition) is 4. The molecule has 0 saturated heterocycles. The zero-order valence-electron chi connectivity index (χ0n) is 10.6. The lowest BCUT2D eigenvalue weighted by atomic mass is 10.2. The van der Waals surface area contributed by atoms with Crippen LogP contribution in [0.5, 0.6) is 0 Å². The fraction of sp³-hybridized carbons (Fsp3) is 0.154. The van der Waals surface area contributed by atoms with Crippen LogP contribution in [0, 0.1) is 6.92 Å². The maximum absolute atomic E-state index is 11.8. The molecule has 0 unspecified atom stereocenters. The molecule has 2 aromatic rings. The normalized spacial score (nSPS) is 10.2. The van der Waals surface area contributed by atoms with E-state index < -0.39 is 11.9 Å². The third-order valence-electron chi connectivity index (χ3n) is 2.60. The summed E-state index contributed by atoms with van der Waals surface area (Å²) in [6.45, 7) is 1.71. The molecule has 2 rings (SSSR count). The molecule has 3 N–H and O–H groups in total. The number of carbonyl (C=O) groups is 2. The Morgan fingerprint density at radius 1 is 1.40 bits per heavy atom. The summed E-state index contributed by atoms with van der Waals surface area (Å²) in [6.07, 6.45) is 1.33. The van der Waals surface area contributed by atoms with E-state index in [2.05, 4.69) is 10.3 Å². The van der Waals surface area contributed by atoms with E-state index in [9.17, 15) is 14.4 Å². The number of amides is 1. The molecule has 2 aromatic heterocycles. The average Bonchev–Trinajstić information content (AvgIpc) is 2.85. The van der Waals surface area contributed by atoms with E-state index in [-0.39, 0.29) is 23.3 Å². The van der Waals surface area contributed by atoms with E-state index in [1.165, 1.54) is 24.4 Å². The van der Waals surface area contributed by atoms with Crippen molar-refractivity contribution < 1.29 is 19.1 Å². The van der Waals surface area contributed by atoms with E-state index in [1.807, 2.05) is 0 Å². The van der Waals surface area contributed by atoms with Gasteiger partial charge in [-0.25, -0.2) is 4.79 Å². The molecule has 0 aliphatic rings. The van der Waals surface area contributed by atoms with Gasteiger partial charge in [0.2, 0.25) is 5.76 Å². The van der Waals surface area contributed by atoms with Gasteiger partial charge in [-0.1, -0.05) is 0 Å². The number of nitrogens with one attached hydrogen (secondary N) is 2. The molecule has 20 heavy (non-hydrogen) atoms. The highest BCUT2D eigenvalue weighted by atomic mass is 16.4. The second-order valence-electron chi connectivity index (χ2n) is 4.15. The van der Waals surface area contributed by atoms with Crippen LogP contribution in [0.2, 0.25) is 0 Å². The van der Waals surface area contributed by atoms with Crippen molar-refractivity contribution in [3.8, 4) is 0 Å². The summed E-state index contributed by atoms with van der Waals surface area (Å²) >= 11 is 0. The summed E-state index contributed by atoms with van der Waals surface area (Å²) in [6, 6.07) is 4.07. The van der Waals surface area contributed by atoms with Gasteiger partial charge in [-0.15, -0.1) is 0 Å². The first kappa shape index (κ1) is 13.6. The van der Waals surface area contributed by atoms with Crippen LogP contribution >= 0.6 is 0 Å². The molecule has 0 saturated carbocycles. The van der Waals surface area contributed by atoms with Crippen molar-refractivity contribution in [1.82, 2.24) is 10.3 Å². The lowest BCUT2D eigenvalue weighted by Crippen LogP contribution is -2.28. The van der Waals surface area contributed by atoms with Crippen molar-refractivity contribution in [2.75, 3.05) is 0 Å². The highest BCUT2D eigenvalue weighted by molar-refractivity contribution is 5.93. The lowest BCUT2D eigenvalue weighted by Gasteiger charge is -2.03. The standard InChI is InChI=1S/C13H12N2O5/c1-7-4-10(16)9(6-14-7)12(17)15-5-8-2-3-11(20-8)13(18)19/h2-4,6H,5H2,1H3,(H,14,16)(H,15,17)(H,18,19). The summed E-state index contributed by atoms with van der Waals surface area (Å²) in [5, 5.41) is 11.2. The van der Waals surface area contributed by atoms with Gasteiger partial charge in [0.15, 0.2) is 5.43 Å². The Hall–Kier alpha value is -2.83. The smallest absolute Gasteiger partial charge is 0.371 e. The number of carboxylic acid groups (broad SMARTS) is 1. The Kier molecular flexibility index (Phi) is 3.69. The van der Waals surface area contributed by atoms with Crippen molar-refractivity contribution in [3.63, 3.8) is 0 Å². The molecular formula is C13H12N2O5. The molecule has 1 amide bonds. The molecule has 2 heterocycles. The van der Waals surface area contributed by atoms with Crippen LogP contribution in [0.4, 0.5) is 0 Å². The van der Waals surface area contributed by atoms with Gasteiger partial charge < -0.3 is 19.8 Å². The minimum Gasteiger partial charge on any atom is -0.475 e. The SMILES string of the molecule is Cc1cc(=O)c(C(=O)NCc2ccc(C(=O)O)o2)c[nH]1. The Morgan fingerprint density at radius 3 is 2.75 bits per heavy atom. The number of aromatic nitrogens is 1. The van der Waals surface area contributed by atoms with E-state index in [0.717, 1.165) is 0 Å². The number of aromatic carboxylic acids is 1. The summed E-state index contributed by atoms with van der Waals surface area (Å²) in [5.41, 5.74) is 0.258. The first-order valence-corrected chi connectivity index (χ1v) is 5.77. The number of aryl methyl sites for hydroxylation is 1. The van der Waals surface area contributed by atoms with Crippen molar-refractivity contribution in [2.24, 2.45) is 0 Å². The Balaban J connectivity index is 2.04. The maximum Gasteiger partial charge on any atom is 0.371 e. The van der Waals surface area contributed by atoms with Gasteiger partial charge in [0.1, 0.15) is 11.3 Å². The number of hydrogen-bond donors (Lipinski definition) is 3. The van der Waals surface area contributed by atoms with Crippen LogP contribution in [-0.2, 0) is 6.54 Å². The van der Waals surface area contributed by atoms with Crippen LogP contribution in [0.15, 0.2) is 33.6 Å². The van der Waals surface area contributed by atoms with Gasteiger partial charge in [0.05, 0.1) is 6.54 Å². The van der Waals surface area contributed by atoms with E-state index in [1.54, 1.807) is 6.92 Å². The van der Waals surface area contributed by atoms with Gasteiger partial charge in [0, 0.05) is 18.0 Å². The third-order valence-corrected chi connectivity index (χ3v) is 2.60. The van der Waals surface area contributed by atoms with Crippen molar-refractivity contribution in [1.29, 1.82) is 0 Å². The van der Waals surface area contributed by atoms with E-state index in [4.69, 9.17) is 9.52 Å². The number of H-pyrrole nitrogens is 1. The van der Waals surface area contributed by atoms with Crippen molar-refractivity contribution in [3.05, 3.63) is 57.4 Å². The summed E-state index contributed by atoms with van der Waals surface area (Å²) in [4.78, 5) is 36.8. The molecule has 0 atom stereocenters. The molecule has 104 valence electrons. The fourth-order valence-electron chi connectivity index (χ4n) is 1.60. The van der Waals surface area contributed by atoms with Gasteiger partial charge in [0.25, 0.3) is 5.91 Å². The second-order valence-corrected chi connectivity index (χ2v) is 4.15. The molecule has 7 nitrogen and oxygen atoms in total. The molecule has 0 aliphatic heterocycles. The molecule has 0 spiro atoms. The largest absolute Gasteiger partial charge is 0.475 e. The molecule has 0 radical (unpaired) electrons. The predicted octanol–water partition coefficient (Wildman–Crippen LogP) is 0.905. The highest BCUT2D eigenvalue weighted by Gasteiger charge is 2.12. The maximum atomic E-state index is 11.8. The first-order valence-electron chi connectivity index (χ1n) is 5.77. The average molecular weight is 276 g/mol. The van der Waals surface area contributed by atoms with Crippen LogP contribution in [-0.4, -0.2) is 22.0 Å². The zero-order valence-corrected chi connectivity index (χ0v) is 10.6. The van der Waals surface area contributed by atoms with E-state index >= 15 is 0 Å². The van der Waals surface area contributed by atoms with Crippen LogP contribution in [0.25, 0.3) is 0 Å². The number of rotatable bonds is 4. The van der Waals surface area contributed by atoms with Gasteiger partial charge >= 0.3 is 5.97 Å². The van der Waals surface area contributed by atoms with E-state index in [0.29, 0.717) is 11.5 Å². The topological polar surface area (TPSA) is 112 Å². The fourth-order valence-corrected chi connectivity index (χ4v) is 1.60. The highest BCUT2D eigenvalue weighted by Crippen LogP contribution is 2.07. The molecule has 0 fully saturated rings. The monoisotopic (exact) mass is 276 g/mol. The molecule has 0 aromatic carbocycles. The lowest BCUT2D eigenvalue weighted by molar-refractivity contribution is 0.0660. The number of pyridine rings is 1. The molecule has 0 aliphatic carbocycles. The van der Waals surface area contributed by atoms with Crippen LogP contribution in [0.1, 0.15) is 32.4 Å². The third kappa shape index (κ3) is 2.94. The number of aromatic amines is 1. The van der Waals surface area contributed by atoms with Gasteiger partial charge in [-0.2, -0.15) is 0 Å². The van der Waals surface area contributed by atoms with Crippen LogP contribution in [0.3, 0.4) is 0 Å². The number of carbonyl (C=O) groups excluding carboxylic acids is 1. The van der Waals surface area contributed by atoms with Crippen molar-refractivity contribution in [2.45, 2.75) is 13.5 Å². The summed E-state index contributed by atoms with van der Waals surface area (Å²) < 4.78 is 4.98. The number of carboxylic acids is 1. The minimum absolute atomic E-state index is 0.000566. The first-order chi connectivity index (χ1) is 9.47. The quantitative estimate of drug-likeness (QED) is 0.768. The number of furan rings is 1. The van der Waals surface area contributed by atoms with Gasteiger partial charge in [-0.3, -0.25) is 9.59 Å². The Bertz CT molecular complexity index is 714. The minimum atomic E-state index is -1.18. The summed E-state index contributed by atoms with van der Waals surface area (Å²) in [5.74, 6) is -1.65. The Morgan fingerprint density at radius 2 is 2.15 bits per heavy atom. The zero-order chi connectivity index (χ0) is 14.7. The Labute approximate surface area is 113 Å². The summed E-state index contributed by atoms with van der Waals surface area (Å²) in [7, 11) is 0. The van der Waals surface area contributed by atoms with Crippen LogP contribution < -0.4 is 10.7 Å². The predicted molar refractivity (Wildman–Crippen MR) is 68.6 cm³/mol. The second kappa shape index (κ2) is 5.43. The van der Waals surface area contributed by atoms with Crippen molar-refractivity contribution >= 4 is 11.9 Å². The molecule has 7 heteroatoms. The molecule has 0 bridgehead atoms. The molecular weight excluding hydrogens is 264 g/mol.